The minimum Gasteiger partial charge on any atom is -0.462 e. The highest BCUT2D eigenvalue weighted by molar-refractivity contribution is 5.79. The Morgan fingerprint density at radius 1 is 1.15 bits per heavy atom. The number of hydrogen-bond acceptors (Lipinski definition) is 3. The zero-order valence-corrected chi connectivity index (χ0v) is 16.9. The van der Waals surface area contributed by atoms with Gasteiger partial charge in [-0.2, -0.15) is 0 Å². The Balaban J connectivity index is 1.63. The van der Waals surface area contributed by atoms with Crippen LogP contribution in [0.3, 0.4) is 0 Å². The molecule has 0 aliphatic heterocycles. The summed E-state index contributed by atoms with van der Waals surface area (Å²) < 4.78 is 5.51. The first-order valence-corrected chi connectivity index (χ1v) is 10.7. The van der Waals surface area contributed by atoms with E-state index in [0.717, 1.165) is 44.9 Å². The summed E-state index contributed by atoms with van der Waals surface area (Å²) in [6, 6.07) is 0. The minimum atomic E-state index is -0.197. The van der Waals surface area contributed by atoms with Gasteiger partial charge in [-0.15, -0.1) is 6.42 Å². The van der Waals surface area contributed by atoms with Crippen molar-refractivity contribution in [3.8, 4) is 12.3 Å². The van der Waals surface area contributed by atoms with E-state index in [9.17, 15) is 9.59 Å². The Hall–Kier alpha value is -1.56. The number of ketones is 1. The molecule has 146 valence electrons. The van der Waals surface area contributed by atoms with Gasteiger partial charge in [-0.1, -0.05) is 24.5 Å². The summed E-state index contributed by atoms with van der Waals surface area (Å²) in [4.78, 5) is 23.6. The van der Waals surface area contributed by atoms with E-state index in [0.29, 0.717) is 23.5 Å². The summed E-state index contributed by atoms with van der Waals surface area (Å²) >= 11 is 0. The molecule has 0 radical (unpaired) electrons. The van der Waals surface area contributed by atoms with Gasteiger partial charge in [0.2, 0.25) is 0 Å². The summed E-state index contributed by atoms with van der Waals surface area (Å²) in [6.45, 7) is 5.64. The molecule has 0 saturated heterocycles. The van der Waals surface area contributed by atoms with E-state index in [-0.39, 0.29) is 28.8 Å². The average Bonchev–Trinajstić information content (AvgIpc) is 2.98. The topological polar surface area (TPSA) is 43.4 Å². The standard InChI is InChI=1S/C24H32O3/c1-5-24-13-10-18(27-16(3)26)14-17(24)6-7-19-21-9-8-20(15(2)25)23(21,4)12-11-22(19)24/h1,6,18-22H,7-14H2,2-4H3/t18-,19-,20+,21-,22-,23+,24-/m0/s1. The van der Waals surface area contributed by atoms with Crippen molar-refractivity contribution in [2.24, 2.45) is 34.5 Å². The Morgan fingerprint density at radius 3 is 2.59 bits per heavy atom. The zero-order chi connectivity index (χ0) is 19.4. The van der Waals surface area contributed by atoms with Gasteiger partial charge in [-0.3, -0.25) is 9.59 Å². The molecule has 4 rings (SSSR count). The molecular weight excluding hydrogens is 336 g/mol. The number of esters is 1. The fraction of sp³-hybridized carbons (Fsp3) is 0.750. The quantitative estimate of drug-likeness (QED) is 0.403. The molecule has 3 heteroatoms. The van der Waals surface area contributed by atoms with Crippen molar-refractivity contribution in [3.63, 3.8) is 0 Å². The van der Waals surface area contributed by atoms with Crippen LogP contribution in [0.1, 0.15) is 72.1 Å². The molecule has 0 spiro atoms. The first-order chi connectivity index (χ1) is 12.8. The predicted molar refractivity (Wildman–Crippen MR) is 105 cm³/mol. The lowest BCUT2D eigenvalue weighted by molar-refractivity contribution is -0.148. The van der Waals surface area contributed by atoms with E-state index < -0.39 is 0 Å². The Kier molecular flexibility index (Phi) is 4.53. The molecular formula is C24H32O3. The Bertz CT molecular complexity index is 728. The van der Waals surface area contributed by atoms with Crippen LogP contribution in [0.4, 0.5) is 0 Å². The maximum Gasteiger partial charge on any atom is 0.302 e. The van der Waals surface area contributed by atoms with E-state index >= 15 is 0 Å². The van der Waals surface area contributed by atoms with Crippen molar-refractivity contribution in [1.29, 1.82) is 0 Å². The maximum absolute atomic E-state index is 12.3. The fourth-order valence-electron chi connectivity index (χ4n) is 7.55. The monoisotopic (exact) mass is 368 g/mol. The van der Waals surface area contributed by atoms with Crippen LogP contribution in [0.15, 0.2) is 11.6 Å². The number of allylic oxidation sites excluding steroid dienone is 1. The molecule has 0 aromatic carbocycles. The summed E-state index contributed by atoms with van der Waals surface area (Å²) in [5, 5.41) is 0. The molecule has 3 saturated carbocycles. The molecule has 3 nitrogen and oxygen atoms in total. The van der Waals surface area contributed by atoms with Gasteiger partial charge in [0.15, 0.2) is 0 Å². The van der Waals surface area contributed by atoms with Gasteiger partial charge in [-0.25, -0.2) is 0 Å². The lowest BCUT2D eigenvalue weighted by Gasteiger charge is -2.57. The molecule has 4 aliphatic rings. The zero-order valence-electron chi connectivity index (χ0n) is 16.9. The van der Waals surface area contributed by atoms with Crippen LogP contribution in [-0.2, 0) is 14.3 Å². The molecule has 0 aromatic rings. The van der Waals surface area contributed by atoms with E-state index in [1.807, 2.05) is 0 Å². The van der Waals surface area contributed by atoms with Crippen LogP contribution < -0.4 is 0 Å². The first kappa shape index (κ1) is 18.8. The van der Waals surface area contributed by atoms with Crippen LogP contribution in [0.25, 0.3) is 0 Å². The fourth-order valence-corrected chi connectivity index (χ4v) is 7.55. The molecule has 0 heterocycles. The highest BCUT2D eigenvalue weighted by atomic mass is 16.5. The molecule has 7 atom stereocenters. The van der Waals surface area contributed by atoms with Gasteiger partial charge < -0.3 is 4.74 Å². The van der Waals surface area contributed by atoms with Gasteiger partial charge in [0, 0.05) is 19.3 Å². The third-order valence-electron chi connectivity index (χ3n) is 8.67. The molecule has 0 aromatic heterocycles. The molecule has 0 unspecified atom stereocenters. The molecule has 4 aliphatic carbocycles. The van der Waals surface area contributed by atoms with Gasteiger partial charge in [0.1, 0.15) is 11.9 Å². The minimum absolute atomic E-state index is 0.0193. The van der Waals surface area contributed by atoms with Crippen LogP contribution in [0.5, 0.6) is 0 Å². The van der Waals surface area contributed by atoms with Crippen LogP contribution >= 0.6 is 0 Å². The largest absolute Gasteiger partial charge is 0.462 e. The lowest BCUT2D eigenvalue weighted by atomic mass is 9.47. The molecule has 0 bridgehead atoms. The van der Waals surface area contributed by atoms with Crippen molar-refractivity contribution in [2.75, 3.05) is 0 Å². The van der Waals surface area contributed by atoms with Gasteiger partial charge in [-0.05, 0) is 75.0 Å². The van der Waals surface area contributed by atoms with E-state index in [1.165, 1.54) is 18.9 Å². The van der Waals surface area contributed by atoms with Gasteiger partial charge in [0.25, 0.3) is 0 Å². The number of carbonyl (C=O) groups is 2. The second kappa shape index (κ2) is 6.50. The van der Waals surface area contributed by atoms with Crippen LogP contribution in [0.2, 0.25) is 0 Å². The summed E-state index contributed by atoms with van der Waals surface area (Å²) in [5.41, 5.74) is 1.34. The second-order valence-corrected chi connectivity index (χ2v) is 9.72. The van der Waals surface area contributed by atoms with E-state index in [2.05, 4.69) is 18.9 Å². The number of rotatable bonds is 2. The summed E-state index contributed by atoms with van der Waals surface area (Å²) in [6.07, 6.45) is 16.7. The number of ether oxygens (including phenoxy) is 1. The van der Waals surface area contributed by atoms with Crippen molar-refractivity contribution in [3.05, 3.63) is 11.6 Å². The van der Waals surface area contributed by atoms with Gasteiger partial charge >= 0.3 is 5.97 Å². The normalized spacial score (nSPS) is 45.6. The SMILES string of the molecule is C#C[C@]12CC[C@H](OC(C)=O)CC1=CC[C@H]1[C@@H]3CC[C@H](C(C)=O)[C@@]3(C)CC[C@@H]12. The maximum atomic E-state index is 12.3. The number of Topliss-reactive ketones (excluding diaryl/α,β-unsaturated/α-hetero) is 1. The Labute approximate surface area is 163 Å². The molecule has 3 fully saturated rings. The average molecular weight is 369 g/mol. The molecule has 0 N–H and O–H groups in total. The Morgan fingerprint density at radius 2 is 1.93 bits per heavy atom. The third-order valence-corrected chi connectivity index (χ3v) is 8.67. The third kappa shape index (κ3) is 2.71. The summed E-state index contributed by atoms with van der Waals surface area (Å²) in [7, 11) is 0. The second-order valence-electron chi connectivity index (χ2n) is 9.72. The van der Waals surface area contributed by atoms with Crippen molar-refractivity contribution >= 4 is 11.8 Å². The van der Waals surface area contributed by atoms with E-state index in [1.54, 1.807) is 6.92 Å². The van der Waals surface area contributed by atoms with Crippen molar-refractivity contribution in [2.45, 2.75) is 78.2 Å². The van der Waals surface area contributed by atoms with E-state index in [4.69, 9.17) is 11.2 Å². The lowest BCUT2D eigenvalue weighted by Crippen LogP contribution is -2.51. The van der Waals surface area contributed by atoms with Crippen LogP contribution in [0, 0.1) is 46.8 Å². The predicted octanol–water partition coefficient (Wildman–Crippen LogP) is 4.70. The smallest absolute Gasteiger partial charge is 0.302 e. The van der Waals surface area contributed by atoms with Crippen LogP contribution in [-0.4, -0.2) is 17.9 Å². The molecule has 27 heavy (non-hydrogen) atoms. The first-order valence-electron chi connectivity index (χ1n) is 10.7. The number of hydrogen-bond donors (Lipinski definition) is 0. The van der Waals surface area contributed by atoms with Crippen molar-refractivity contribution < 1.29 is 14.3 Å². The highest BCUT2D eigenvalue weighted by Crippen LogP contribution is 2.66. The van der Waals surface area contributed by atoms with Gasteiger partial charge in [0.05, 0.1) is 5.41 Å². The summed E-state index contributed by atoms with van der Waals surface area (Å²) in [5.74, 6) is 5.38. The van der Waals surface area contributed by atoms with Crippen molar-refractivity contribution in [1.82, 2.24) is 0 Å². The number of fused-ring (bicyclic) bond motifs is 5. The highest BCUT2D eigenvalue weighted by Gasteiger charge is 2.60. The molecule has 0 amide bonds. The number of terminal acetylenes is 1. The number of carbonyl (C=O) groups excluding carboxylic acids is 2.